The van der Waals surface area contributed by atoms with Gasteiger partial charge in [0.1, 0.15) is 6.04 Å². The van der Waals surface area contributed by atoms with Crippen molar-refractivity contribution in [3.05, 3.63) is 22.4 Å². The molecular weight excluding hydrogens is 292 g/mol. The number of carbonyl (C=O) groups excluding carboxylic acids is 2. The summed E-state index contributed by atoms with van der Waals surface area (Å²) in [7, 11) is 1.82. The smallest absolute Gasteiger partial charge is 0.246 e. The average Bonchev–Trinajstić information content (AvgIpc) is 3.08. The van der Waals surface area contributed by atoms with Crippen LogP contribution in [0.2, 0.25) is 0 Å². The summed E-state index contributed by atoms with van der Waals surface area (Å²) in [4.78, 5) is 28.1. The van der Waals surface area contributed by atoms with Crippen molar-refractivity contribution in [1.82, 2.24) is 9.80 Å². The maximum atomic E-state index is 12.6. The van der Waals surface area contributed by atoms with Crippen molar-refractivity contribution >= 4 is 34.9 Å². The van der Waals surface area contributed by atoms with Gasteiger partial charge in [0.25, 0.3) is 0 Å². The van der Waals surface area contributed by atoms with Crippen LogP contribution in [0.4, 0.5) is 0 Å². The molecule has 2 atom stereocenters. The van der Waals surface area contributed by atoms with Crippen LogP contribution in [0.25, 0.3) is 0 Å². The lowest BCUT2D eigenvalue weighted by Gasteiger charge is -2.31. The summed E-state index contributed by atoms with van der Waals surface area (Å²) in [5, 5.41) is 4.07. The average molecular weight is 310 g/mol. The molecule has 0 aliphatic carbocycles. The van der Waals surface area contributed by atoms with E-state index in [4.69, 9.17) is 0 Å². The van der Waals surface area contributed by atoms with Crippen molar-refractivity contribution in [3.8, 4) is 0 Å². The number of rotatable bonds is 3. The van der Waals surface area contributed by atoms with Gasteiger partial charge in [0.05, 0.1) is 4.87 Å². The molecule has 0 saturated carbocycles. The molecule has 108 valence electrons. The summed E-state index contributed by atoms with van der Waals surface area (Å²) < 4.78 is 0. The molecule has 6 heteroatoms. The molecule has 0 unspecified atom stereocenters. The largest absolute Gasteiger partial charge is 0.340 e. The van der Waals surface area contributed by atoms with Crippen molar-refractivity contribution in [2.24, 2.45) is 0 Å². The lowest BCUT2D eigenvalue weighted by molar-refractivity contribution is -0.143. The van der Waals surface area contributed by atoms with Crippen LogP contribution in [0.1, 0.15) is 25.3 Å². The number of hydrogen-bond donors (Lipinski definition) is 0. The first kappa shape index (κ1) is 13.9. The van der Waals surface area contributed by atoms with E-state index in [2.05, 4.69) is 12.3 Å². The Kier molecular flexibility index (Phi) is 3.54. The van der Waals surface area contributed by atoms with E-state index in [-0.39, 0.29) is 22.7 Å². The third-order valence-corrected chi connectivity index (χ3v) is 6.34. The zero-order chi connectivity index (χ0) is 14.3. The molecule has 2 amide bonds. The van der Waals surface area contributed by atoms with E-state index in [1.165, 1.54) is 0 Å². The van der Waals surface area contributed by atoms with Crippen LogP contribution in [-0.2, 0) is 16.1 Å². The highest BCUT2D eigenvalue weighted by Crippen LogP contribution is 2.47. The molecule has 2 aliphatic heterocycles. The van der Waals surface area contributed by atoms with Gasteiger partial charge in [-0.3, -0.25) is 9.59 Å². The van der Waals surface area contributed by atoms with Crippen molar-refractivity contribution in [1.29, 1.82) is 0 Å². The molecule has 1 aromatic rings. The number of thiophene rings is 1. The van der Waals surface area contributed by atoms with Crippen molar-refractivity contribution in [2.75, 3.05) is 12.8 Å². The Labute approximate surface area is 127 Å². The minimum Gasteiger partial charge on any atom is -0.340 e. The molecule has 4 nitrogen and oxygen atoms in total. The quantitative estimate of drug-likeness (QED) is 0.859. The van der Waals surface area contributed by atoms with Gasteiger partial charge in [-0.1, -0.05) is 0 Å². The Balaban J connectivity index is 1.72. The Hall–Kier alpha value is -1.01. The second-order valence-electron chi connectivity index (χ2n) is 5.59. The zero-order valence-corrected chi connectivity index (χ0v) is 13.3. The van der Waals surface area contributed by atoms with Crippen LogP contribution < -0.4 is 0 Å². The lowest BCUT2D eigenvalue weighted by Crippen LogP contribution is -2.50. The molecule has 3 heterocycles. The van der Waals surface area contributed by atoms with Crippen LogP contribution in [0.5, 0.6) is 0 Å². The number of thioether (sulfide) groups is 1. The van der Waals surface area contributed by atoms with Gasteiger partial charge in [0, 0.05) is 25.8 Å². The number of likely N-dealkylation sites (N-methyl/N-ethyl adjacent to an activating group) is 1. The van der Waals surface area contributed by atoms with Gasteiger partial charge in [0.2, 0.25) is 11.8 Å². The fraction of sp³-hybridized carbons (Fsp3) is 0.571. The fourth-order valence-corrected chi connectivity index (χ4v) is 5.08. The Morgan fingerprint density at radius 3 is 3.10 bits per heavy atom. The van der Waals surface area contributed by atoms with Gasteiger partial charge in [-0.15, -0.1) is 11.8 Å². The lowest BCUT2D eigenvalue weighted by atomic mass is 10.2. The Bertz CT molecular complexity index is 531. The van der Waals surface area contributed by atoms with Crippen molar-refractivity contribution < 1.29 is 9.59 Å². The summed E-state index contributed by atoms with van der Waals surface area (Å²) >= 11 is 3.37. The summed E-state index contributed by atoms with van der Waals surface area (Å²) in [6.45, 7) is 2.69. The monoisotopic (exact) mass is 310 g/mol. The molecule has 0 bridgehead atoms. The van der Waals surface area contributed by atoms with E-state index in [0.29, 0.717) is 13.0 Å². The third-order valence-electron chi connectivity index (χ3n) is 4.11. The third kappa shape index (κ3) is 2.24. The van der Waals surface area contributed by atoms with Gasteiger partial charge in [-0.25, -0.2) is 0 Å². The van der Waals surface area contributed by atoms with Gasteiger partial charge in [-0.2, -0.15) is 11.3 Å². The summed E-state index contributed by atoms with van der Waals surface area (Å²) in [6, 6.07) is 1.74. The number of nitrogens with zero attached hydrogens (tertiary/aromatic N) is 2. The molecular formula is C14H18N2O2S2. The van der Waals surface area contributed by atoms with Crippen LogP contribution in [0.15, 0.2) is 16.8 Å². The standard InChI is InChI=1S/C14H18N2O2S2/c1-14-5-3-12(17)16(14)11(9-20-14)13(18)15(2)7-10-4-6-19-8-10/h4,6,8,11H,3,5,7,9H2,1-2H3/t11-,14-/m0/s1. The summed E-state index contributed by atoms with van der Waals surface area (Å²) in [5.41, 5.74) is 1.15. The second kappa shape index (κ2) is 5.07. The van der Waals surface area contributed by atoms with Crippen LogP contribution in [-0.4, -0.2) is 45.3 Å². The summed E-state index contributed by atoms with van der Waals surface area (Å²) in [6.07, 6.45) is 1.43. The SMILES string of the molecule is CN(Cc1ccsc1)C(=O)[C@@H]1CS[C@@]2(C)CCC(=O)N12. The predicted octanol–water partition coefficient (Wildman–Crippen LogP) is 2.16. The van der Waals surface area contributed by atoms with Crippen LogP contribution in [0.3, 0.4) is 0 Å². The van der Waals surface area contributed by atoms with E-state index < -0.39 is 0 Å². The molecule has 2 fully saturated rings. The first-order chi connectivity index (χ1) is 9.51. The first-order valence-corrected chi connectivity index (χ1v) is 8.66. The van der Waals surface area contributed by atoms with Gasteiger partial charge in [-0.05, 0) is 35.7 Å². The molecule has 3 rings (SSSR count). The van der Waals surface area contributed by atoms with Crippen molar-refractivity contribution in [3.63, 3.8) is 0 Å². The molecule has 0 radical (unpaired) electrons. The van der Waals surface area contributed by atoms with E-state index in [1.54, 1.807) is 28.0 Å². The molecule has 0 aromatic carbocycles. The van der Waals surface area contributed by atoms with Crippen LogP contribution >= 0.6 is 23.1 Å². The van der Waals surface area contributed by atoms with Gasteiger partial charge >= 0.3 is 0 Å². The summed E-state index contributed by atoms with van der Waals surface area (Å²) in [5.74, 6) is 0.900. The minimum absolute atomic E-state index is 0.0580. The molecule has 0 spiro atoms. The molecule has 2 aliphatic rings. The zero-order valence-electron chi connectivity index (χ0n) is 11.7. The number of amides is 2. The van der Waals surface area contributed by atoms with E-state index in [1.807, 2.05) is 23.4 Å². The highest BCUT2D eigenvalue weighted by Gasteiger charge is 2.53. The topological polar surface area (TPSA) is 40.6 Å². The Morgan fingerprint density at radius 1 is 1.60 bits per heavy atom. The van der Waals surface area contributed by atoms with E-state index in [9.17, 15) is 9.59 Å². The maximum absolute atomic E-state index is 12.6. The maximum Gasteiger partial charge on any atom is 0.246 e. The number of fused-ring (bicyclic) bond motifs is 1. The van der Waals surface area contributed by atoms with E-state index in [0.717, 1.165) is 17.7 Å². The molecule has 1 aromatic heterocycles. The van der Waals surface area contributed by atoms with E-state index >= 15 is 0 Å². The number of hydrogen-bond acceptors (Lipinski definition) is 4. The van der Waals surface area contributed by atoms with Crippen molar-refractivity contribution in [2.45, 2.75) is 37.2 Å². The fourth-order valence-electron chi connectivity index (χ4n) is 2.99. The molecule has 20 heavy (non-hydrogen) atoms. The van der Waals surface area contributed by atoms with Gasteiger partial charge in [0.15, 0.2) is 0 Å². The molecule has 0 N–H and O–H groups in total. The minimum atomic E-state index is -0.288. The highest BCUT2D eigenvalue weighted by atomic mass is 32.2. The van der Waals surface area contributed by atoms with Gasteiger partial charge < -0.3 is 9.80 Å². The second-order valence-corrected chi connectivity index (χ2v) is 7.87. The Morgan fingerprint density at radius 2 is 2.40 bits per heavy atom. The predicted molar refractivity (Wildman–Crippen MR) is 81.5 cm³/mol. The number of carbonyl (C=O) groups is 2. The first-order valence-electron chi connectivity index (χ1n) is 6.73. The molecule has 2 saturated heterocycles. The highest BCUT2D eigenvalue weighted by molar-refractivity contribution is 8.01. The normalized spacial score (nSPS) is 28.8. The van der Waals surface area contributed by atoms with Crippen LogP contribution in [0, 0.1) is 0 Å².